The van der Waals surface area contributed by atoms with E-state index in [4.69, 9.17) is 4.74 Å². The molecule has 10 heteroatoms. The first-order valence-corrected chi connectivity index (χ1v) is 11.2. The van der Waals surface area contributed by atoms with Gasteiger partial charge in [-0.2, -0.15) is 0 Å². The first-order valence-electron chi connectivity index (χ1n) is 9.72. The standard InChI is InChI=1S/C19H25N3O6S/c1-2-28-13-7-9-14(10-8-13)29(26,27)21-20-17(23)11-12-22-18(24)15-5-3-4-6-16(15)19(22)25/h7-10,15-16,21H,2-6,11-12H2,1H3,(H,20,23)/t15-,16-/m1/s1. The molecule has 1 saturated heterocycles. The fourth-order valence-electron chi connectivity index (χ4n) is 3.79. The summed E-state index contributed by atoms with van der Waals surface area (Å²) >= 11 is 0. The van der Waals surface area contributed by atoms with Gasteiger partial charge in [0.1, 0.15) is 5.75 Å². The van der Waals surface area contributed by atoms with Gasteiger partial charge in [0.15, 0.2) is 0 Å². The van der Waals surface area contributed by atoms with Crippen LogP contribution in [0.5, 0.6) is 5.75 Å². The summed E-state index contributed by atoms with van der Waals surface area (Å²) in [6.07, 6.45) is 3.10. The van der Waals surface area contributed by atoms with Crippen molar-refractivity contribution in [3.63, 3.8) is 0 Å². The summed E-state index contributed by atoms with van der Waals surface area (Å²) in [4.78, 5) is 39.9. The van der Waals surface area contributed by atoms with Crippen molar-refractivity contribution in [3.05, 3.63) is 24.3 Å². The van der Waals surface area contributed by atoms with Crippen LogP contribution in [0.1, 0.15) is 39.0 Å². The quantitative estimate of drug-likeness (QED) is 0.474. The van der Waals surface area contributed by atoms with Crippen molar-refractivity contribution >= 4 is 27.7 Å². The summed E-state index contributed by atoms with van der Waals surface area (Å²) in [5.74, 6) is -1.06. The van der Waals surface area contributed by atoms with Gasteiger partial charge < -0.3 is 4.74 Å². The number of amides is 3. The van der Waals surface area contributed by atoms with Gasteiger partial charge in [-0.25, -0.2) is 8.42 Å². The van der Waals surface area contributed by atoms with E-state index in [1.54, 1.807) is 0 Å². The zero-order valence-electron chi connectivity index (χ0n) is 16.2. The number of fused-ring (bicyclic) bond motifs is 1. The predicted octanol–water partition coefficient (Wildman–Crippen LogP) is 0.960. The number of nitrogens with one attached hydrogen (secondary N) is 2. The van der Waals surface area contributed by atoms with Gasteiger partial charge in [-0.05, 0) is 44.0 Å². The molecular formula is C19H25N3O6S. The topological polar surface area (TPSA) is 122 Å². The number of hydrogen-bond donors (Lipinski definition) is 2. The zero-order chi connectivity index (χ0) is 21.0. The lowest BCUT2D eigenvalue weighted by Crippen LogP contribution is -2.43. The Morgan fingerprint density at radius 2 is 1.69 bits per heavy atom. The van der Waals surface area contributed by atoms with E-state index in [2.05, 4.69) is 5.43 Å². The van der Waals surface area contributed by atoms with E-state index in [9.17, 15) is 22.8 Å². The molecular weight excluding hydrogens is 398 g/mol. The minimum absolute atomic E-state index is 0.0322. The molecule has 0 radical (unpaired) electrons. The number of imide groups is 1. The number of rotatable bonds is 8. The Balaban J connectivity index is 1.50. The Bertz CT molecular complexity index is 860. The van der Waals surface area contributed by atoms with Crippen molar-refractivity contribution in [2.75, 3.05) is 13.2 Å². The average molecular weight is 423 g/mol. The predicted molar refractivity (Wildman–Crippen MR) is 103 cm³/mol. The lowest BCUT2D eigenvalue weighted by Gasteiger charge is -2.19. The molecule has 3 amide bonds. The molecule has 0 unspecified atom stereocenters. The Morgan fingerprint density at radius 3 is 2.24 bits per heavy atom. The second-order valence-corrected chi connectivity index (χ2v) is 8.82. The Morgan fingerprint density at radius 1 is 1.10 bits per heavy atom. The minimum atomic E-state index is -3.95. The zero-order valence-corrected chi connectivity index (χ0v) is 17.0. The molecule has 1 saturated carbocycles. The molecule has 1 aromatic rings. The number of carbonyl (C=O) groups is 3. The third-order valence-electron chi connectivity index (χ3n) is 5.26. The summed E-state index contributed by atoms with van der Waals surface area (Å²) in [7, 11) is -3.95. The number of hydrogen-bond acceptors (Lipinski definition) is 6. The van der Waals surface area contributed by atoms with Crippen LogP contribution in [0.15, 0.2) is 29.2 Å². The van der Waals surface area contributed by atoms with Crippen molar-refractivity contribution in [2.24, 2.45) is 11.8 Å². The second kappa shape index (κ2) is 8.91. The fourth-order valence-corrected chi connectivity index (χ4v) is 4.65. The van der Waals surface area contributed by atoms with Gasteiger partial charge in [0.2, 0.25) is 17.7 Å². The van der Waals surface area contributed by atoms with Gasteiger partial charge in [-0.3, -0.25) is 24.7 Å². The van der Waals surface area contributed by atoms with E-state index >= 15 is 0 Å². The average Bonchev–Trinajstić information content (AvgIpc) is 2.96. The Labute approximate surface area is 169 Å². The summed E-state index contributed by atoms with van der Waals surface area (Å²) in [6.45, 7) is 2.23. The Kier molecular flexibility index (Phi) is 6.53. The summed E-state index contributed by atoms with van der Waals surface area (Å²) in [5, 5.41) is 0. The highest BCUT2D eigenvalue weighted by Crippen LogP contribution is 2.37. The highest BCUT2D eigenvalue weighted by atomic mass is 32.2. The summed E-state index contributed by atoms with van der Waals surface area (Å²) < 4.78 is 29.8. The van der Waals surface area contributed by atoms with Crippen LogP contribution >= 0.6 is 0 Å². The van der Waals surface area contributed by atoms with E-state index in [1.165, 1.54) is 24.3 Å². The molecule has 9 nitrogen and oxygen atoms in total. The van der Waals surface area contributed by atoms with Crippen molar-refractivity contribution in [3.8, 4) is 5.75 Å². The summed E-state index contributed by atoms with van der Waals surface area (Å²) in [5.41, 5.74) is 2.12. The minimum Gasteiger partial charge on any atom is -0.494 e. The van der Waals surface area contributed by atoms with E-state index < -0.39 is 15.9 Å². The molecule has 1 aromatic carbocycles. The van der Waals surface area contributed by atoms with Gasteiger partial charge in [-0.15, -0.1) is 4.83 Å². The van der Waals surface area contributed by atoms with Crippen LogP contribution < -0.4 is 15.0 Å². The monoisotopic (exact) mass is 423 g/mol. The van der Waals surface area contributed by atoms with E-state index in [-0.39, 0.29) is 41.5 Å². The molecule has 2 fully saturated rings. The molecule has 1 aliphatic carbocycles. The number of carbonyl (C=O) groups excluding carboxylic acids is 3. The van der Waals surface area contributed by atoms with Crippen LogP contribution in [0, 0.1) is 11.8 Å². The highest BCUT2D eigenvalue weighted by Gasteiger charge is 2.47. The van der Waals surface area contributed by atoms with Crippen molar-refractivity contribution < 1.29 is 27.5 Å². The maximum atomic E-state index is 12.4. The molecule has 2 atom stereocenters. The molecule has 2 N–H and O–H groups in total. The van der Waals surface area contributed by atoms with Crippen LogP contribution in [0.3, 0.4) is 0 Å². The second-order valence-electron chi connectivity index (χ2n) is 7.13. The molecule has 0 bridgehead atoms. The third kappa shape index (κ3) is 4.76. The molecule has 29 heavy (non-hydrogen) atoms. The number of ether oxygens (including phenoxy) is 1. The SMILES string of the molecule is CCOc1ccc(S(=O)(=O)NNC(=O)CCN2C(=O)[C@@H]3CCCC[C@H]3C2=O)cc1. The number of nitrogens with zero attached hydrogens (tertiary/aromatic N) is 1. The Hall–Kier alpha value is -2.46. The third-order valence-corrected chi connectivity index (χ3v) is 6.53. The molecule has 1 heterocycles. The summed E-state index contributed by atoms with van der Waals surface area (Å²) in [6, 6.07) is 5.76. The molecule has 158 valence electrons. The van der Waals surface area contributed by atoms with E-state index in [0.29, 0.717) is 25.2 Å². The van der Waals surface area contributed by atoms with Gasteiger partial charge >= 0.3 is 0 Å². The van der Waals surface area contributed by atoms with Crippen molar-refractivity contribution in [1.29, 1.82) is 0 Å². The smallest absolute Gasteiger partial charge is 0.257 e. The number of sulfonamides is 1. The van der Waals surface area contributed by atoms with Gasteiger partial charge in [0, 0.05) is 13.0 Å². The van der Waals surface area contributed by atoms with Crippen LogP contribution in [0.2, 0.25) is 0 Å². The molecule has 2 aliphatic rings. The van der Waals surface area contributed by atoms with Crippen LogP contribution in [0.4, 0.5) is 0 Å². The largest absolute Gasteiger partial charge is 0.494 e. The lowest BCUT2D eigenvalue weighted by molar-refractivity contribution is -0.140. The molecule has 0 spiro atoms. The normalized spacial score (nSPS) is 21.8. The molecule has 0 aromatic heterocycles. The van der Waals surface area contributed by atoms with E-state index in [1.807, 2.05) is 11.8 Å². The van der Waals surface area contributed by atoms with Crippen LogP contribution in [-0.4, -0.2) is 44.2 Å². The first-order chi connectivity index (χ1) is 13.8. The van der Waals surface area contributed by atoms with Crippen molar-refractivity contribution in [1.82, 2.24) is 15.2 Å². The van der Waals surface area contributed by atoms with Gasteiger partial charge in [-0.1, -0.05) is 12.8 Å². The number of hydrazine groups is 1. The maximum Gasteiger partial charge on any atom is 0.257 e. The maximum absolute atomic E-state index is 12.4. The van der Waals surface area contributed by atoms with Crippen LogP contribution in [-0.2, 0) is 24.4 Å². The number of benzene rings is 1. The van der Waals surface area contributed by atoms with Crippen LogP contribution in [0.25, 0.3) is 0 Å². The van der Waals surface area contributed by atoms with E-state index in [0.717, 1.165) is 17.7 Å². The van der Waals surface area contributed by atoms with Crippen molar-refractivity contribution in [2.45, 2.75) is 43.9 Å². The number of likely N-dealkylation sites (tertiary alicyclic amines) is 1. The van der Waals surface area contributed by atoms with Gasteiger partial charge in [0.25, 0.3) is 10.0 Å². The lowest BCUT2D eigenvalue weighted by atomic mass is 9.81. The van der Waals surface area contributed by atoms with Gasteiger partial charge in [0.05, 0.1) is 23.3 Å². The highest BCUT2D eigenvalue weighted by molar-refractivity contribution is 7.89. The molecule has 3 rings (SSSR count). The molecule has 1 aliphatic heterocycles. The first kappa shape index (κ1) is 21.3. The fraction of sp³-hybridized carbons (Fsp3) is 0.526.